The van der Waals surface area contributed by atoms with E-state index in [2.05, 4.69) is 15.4 Å². The standard InChI is InChI=1S/C25H23F3N4O/c26-25(27,28)23-13-21(16-7-2-1-3-8-16)31-24-19(15-30-32(23)24)22(33)12-6-9-17-14-29-20-11-5-4-10-18(17)20/h1-5,7-8,10-11,14-15,21,23,29,31H,6,9,12-13H2. The predicted octanol–water partition coefficient (Wildman–Crippen LogP) is 6.23. The SMILES string of the molecule is O=C(CCCc1c[nH]c2ccccc12)c1cnn2c1NC(c1ccccc1)CC2C(F)(F)F. The molecule has 0 fully saturated rings. The minimum absolute atomic E-state index is 0.148. The molecule has 0 bridgehead atoms. The highest BCUT2D eigenvalue weighted by molar-refractivity contribution is 6.00. The number of rotatable bonds is 6. The molecule has 2 N–H and O–H groups in total. The zero-order valence-corrected chi connectivity index (χ0v) is 17.8. The van der Waals surface area contributed by atoms with Crippen molar-refractivity contribution >= 4 is 22.5 Å². The van der Waals surface area contributed by atoms with Crippen molar-refractivity contribution in [3.05, 3.63) is 83.7 Å². The van der Waals surface area contributed by atoms with Gasteiger partial charge in [-0.2, -0.15) is 18.3 Å². The summed E-state index contributed by atoms with van der Waals surface area (Å²) < 4.78 is 42.4. The van der Waals surface area contributed by atoms with Crippen molar-refractivity contribution in [3.8, 4) is 0 Å². The quantitative estimate of drug-likeness (QED) is 0.341. The van der Waals surface area contributed by atoms with Gasteiger partial charge in [0.2, 0.25) is 0 Å². The fraction of sp³-hybridized carbons (Fsp3) is 0.280. The van der Waals surface area contributed by atoms with E-state index in [0.29, 0.717) is 12.8 Å². The Labute approximate surface area is 188 Å². The van der Waals surface area contributed by atoms with Crippen molar-refractivity contribution in [1.29, 1.82) is 0 Å². The van der Waals surface area contributed by atoms with Crippen LogP contribution in [0.4, 0.5) is 19.0 Å². The first kappa shape index (κ1) is 21.3. The van der Waals surface area contributed by atoms with Gasteiger partial charge in [-0.1, -0.05) is 48.5 Å². The third-order valence-corrected chi connectivity index (χ3v) is 6.27. The predicted molar refractivity (Wildman–Crippen MR) is 120 cm³/mol. The molecule has 5 nitrogen and oxygen atoms in total. The van der Waals surface area contributed by atoms with Gasteiger partial charge in [-0.05, 0) is 30.0 Å². The van der Waals surface area contributed by atoms with Gasteiger partial charge in [-0.3, -0.25) is 4.79 Å². The van der Waals surface area contributed by atoms with Gasteiger partial charge in [0.25, 0.3) is 0 Å². The van der Waals surface area contributed by atoms with Gasteiger partial charge < -0.3 is 10.3 Å². The number of ketones is 1. The van der Waals surface area contributed by atoms with Crippen LogP contribution in [0.15, 0.2) is 67.0 Å². The topological polar surface area (TPSA) is 62.7 Å². The first-order valence-corrected chi connectivity index (χ1v) is 11.0. The number of anilines is 1. The number of Topliss-reactive ketones (excluding diaryl/α,β-unsaturated/α-hetero) is 1. The molecule has 2 aromatic heterocycles. The lowest BCUT2D eigenvalue weighted by atomic mass is 9.96. The number of hydrogen-bond donors (Lipinski definition) is 2. The molecule has 2 aromatic carbocycles. The van der Waals surface area contributed by atoms with Crippen LogP contribution < -0.4 is 5.32 Å². The molecule has 170 valence electrons. The minimum atomic E-state index is -4.47. The molecule has 5 rings (SSSR count). The molecule has 0 spiro atoms. The maximum absolute atomic E-state index is 13.8. The first-order chi connectivity index (χ1) is 15.9. The summed E-state index contributed by atoms with van der Waals surface area (Å²) in [5.74, 6) is -0.0623. The van der Waals surface area contributed by atoms with Crippen molar-refractivity contribution in [1.82, 2.24) is 14.8 Å². The summed E-state index contributed by atoms with van der Waals surface area (Å²) in [7, 11) is 0. The Hall–Kier alpha value is -3.55. The molecule has 1 aliphatic rings. The van der Waals surface area contributed by atoms with E-state index in [1.54, 1.807) is 24.3 Å². The number of carbonyl (C=O) groups is 1. The largest absolute Gasteiger partial charge is 0.410 e. The van der Waals surface area contributed by atoms with E-state index in [0.717, 1.165) is 26.7 Å². The first-order valence-electron chi connectivity index (χ1n) is 11.0. The number of para-hydroxylation sites is 1. The Bertz CT molecular complexity index is 1280. The molecule has 0 saturated carbocycles. The summed E-state index contributed by atoms with van der Waals surface area (Å²) >= 11 is 0. The zero-order chi connectivity index (χ0) is 23.0. The molecule has 33 heavy (non-hydrogen) atoms. The third-order valence-electron chi connectivity index (χ3n) is 6.27. The molecule has 8 heteroatoms. The van der Waals surface area contributed by atoms with E-state index in [4.69, 9.17) is 0 Å². The highest BCUT2D eigenvalue weighted by atomic mass is 19.4. The van der Waals surface area contributed by atoms with Crippen molar-refractivity contribution in [2.75, 3.05) is 5.32 Å². The van der Waals surface area contributed by atoms with Gasteiger partial charge in [0, 0.05) is 29.9 Å². The van der Waals surface area contributed by atoms with Gasteiger partial charge in [-0.25, -0.2) is 4.68 Å². The number of aryl methyl sites for hydroxylation is 1. The summed E-state index contributed by atoms with van der Waals surface area (Å²) in [4.78, 5) is 16.2. The van der Waals surface area contributed by atoms with E-state index >= 15 is 0 Å². The third kappa shape index (κ3) is 4.13. The Balaban J connectivity index is 1.35. The molecule has 0 aliphatic carbocycles. The summed E-state index contributed by atoms with van der Waals surface area (Å²) in [6.07, 6.45) is 0.0778. The second-order valence-corrected chi connectivity index (χ2v) is 8.39. The molecule has 0 radical (unpaired) electrons. The Kier molecular flexibility index (Phi) is 5.44. The molecular formula is C25H23F3N4O. The molecule has 0 saturated heterocycles. The van der Waals surface area contributed by atoms with Gasteiger partial charge in [-0.15, -0.1) is 0 Å². The Morgan fingerprint density at radius 2 is 1.85 bits per heavy atom. The molecule has 1 aliphatic heterocycles. The molecule has 0 amide bonds. The van der Waals surface area contributed by atoms with E-state index in [1.807, 2.05) is 36.5 Å². The van der Waals surface area contributed by atoms with E-state index in [-0.39, 0.29) is 30.0 Å². The van der Waals surface area contributed by atoms with Crippen LogP contribution in [0.1, 0.15) is 52.8 Å². The van der Waals surface area contributed by atoms with E-state index in [9.17, 15) is 18.0 Å². The summed E-state index contributed by atoms with van der Waals surface area (Å²) in [6.45, 7) is 0. The smallest absolute Gasteiger partial charge is 0.363 e. The fourth-order valence-electron chi connectivity index (χ4n) is 4.58. The highest BCUT2D eigenvalue weighted by Crippen LogP contribution is 2.44. The summed E-state index contributed by atoms with van der Waals surface area (Å²) in [5, 5.41) is 8.23. The second kappa shape index (κ2) is 8.42. The second-order valence-electron chi connectivity index (χ2n) is 8.39. The number of halogens is 3. The molecule has 3 heterocycles. The van der Waals surface area contributed by atoms with Crippen molar-refractivity contribution in [2.45, 2.75) is 43.9 Å². The van der Waals surface area contributed by atoms with E-state index in [1.165, 1.54) is 6.20 Å². The van der Waals surface area contributed by atoms with Gasteiger partial charge in [0.1, 0.15) is 5.82 Å². The lowest BCUT2D eigenvalue weighted by Crippen LogP contribution is -2.36. The van der Waals surface area contributed by atoms with E-state index < -0.39 is 18.3 Å². The maximum Gasteiger partial charge on any atom is 0.410 e. The number of alkyl halides is 3. The lowest BCUT2D eigenvalue weighted by Gasteiger charge is -2.34. The molecule has 2 unspecified atom stereocenters. The van der Waals surface area contributed by atoms with Gasteiger partial charge in [0.15, 0.2) is 11.8 Å². The number of aromatic nitrogens is 3. The number of carbonyl (C=O) groups excluding carboxylic acids is 1. The van der Waals surface area contributed by atoms with Crippen molar-refractivity contribution in [2.24, 2.45) is 0 Å². The number of nitrogens with zero attached hydrogens (tertiary/aromatic N) is 2. The number of benzene rings is 2. The number of H-pyrrole nitrogens is 1. The van der Waals surface area contributed by atoms with Crippen LogP contribution in [0, 0.1) is 0 Å². The average molecular weight is 452 g/mol. The van der Waals surface area contributed by atoms with Crippen LogP contribution in [-0.4, -0.2) is 26.7 Å². The lowest BCUT2D eigenvalue weighted by molar-refractivity contribution is -0.173. The minimum Gasteiger partial charge on any atom is -0.363 e. The van der Waals surface area contributed by atoms with Gasteiger partial charge >= 0.3 is 6.18 Å². The zero-order valence-electron chi connectivity index (χ0n) is 17.8. The normalized spacial score (nSPS) is 18.2. The number of fused-ring (bicyclic) bond motifs is 2. The Morgan fingerprint density at radius 1 is 1.09 bits per heavy atom. The molecule has 2 atom stereocenters. The van der Waals surface area contributed by atoms with Crippen LogP contribution in [0.3, 0.4) is 0 Å². The molecular weight excluding hydrogens is 429 g/mol. The average Bonchev–Trinajstić information content (AvgIpc) is 3.43. The highest BCUT2D eigenvalue weighted by Gasteiger charge is 2.47. The number of nitrogens with one attached hydrogen (secondary N) is 2. The monoisotopic (exact) mass is 452 g/mol. The molecule has 4 aromatic rings. The van der Waals surface area contributed by atoms with Crippen LogP contribution in [0.5, 0.6) is 0 Å². The van der Waals surface area contributed by atoms with Crippen molar-refractivity contribution < 1.29 is 18.0 Å². The number of aromatic amines is 1. The number of hydrogen-bond acceptors (Lipinski definition) is 3. The van der Waals surface area contributed by atoms with Crippen LogP contribution >= 0.6 is 0 Å². The Morgan fingerprint density at radius 3 is 2.64 bits per heavy atom. The van der Waals surface area contributed by atoms with Crippen LogP contribution in [-0.2, 0) is 6.42 Å². The van der Waals surface area contributed by atoms with Gasteiger partial charge in [0.05, 0.1) is 17.8 Å². The fourth-order valence-corrected chi connectivity index (χ4v) is 4.58. The summed E-state index contributed by atoms with van der Waals surface area (Å²) in [6, 6.07) is 14.6. The maximum atomic E-state index is 13.8. The van der Waals surface area contributed by atoms with Crippen molar-refractivity contribution in [3.63, 3.8) is 0 Å². The van der Waals surface area contributed by atoms with Crippen LogP contribution in [0.25, 0.3) is 10.9 Å². The van der Waals surface area contributed by atoms with Crippen LogP contribution in [0.2, 0.25) is 0 Å². The summed E-state index contributed by atoms with van der Waals surface area (Å²) in [5.41, 5.74) is 3.12.